The molecule has 4 aromatic rings. The summed E-state index contributed by atoms with van der Waals surface area (Å²) in [5.41, 5.74) is 4.44. The molecule has 10 nitrogen and oxygen atoms in total. The van der Waals surface area contributed by atoms with E-state index < -0.39 is 5.97 Å². The number of morpholine rings is 1. The summed E-state index contributed by atoms with van der Waals surface area (Å²) in [5.74, 6) is -0.966. The second-order valence-electron chi connectivity index (χ2n) is 10.8. The minimum Gasteiger partial charge on any atom is -0.492 e. The number of thioether (sulfide) groups is 1. The van der Waals surface area contributed by atoms with Crippen molar-refractivity contribution in [3.8, 4) is 16.9 Å². The normalized spacial score (nSPS) is 16.3. The van der Waals surface area contributed by atoms with Gasteiger partial charge < -0.3 is 24.9 Å². The Morgan fingerprint density at radius 1 is 1.02 bits per heavy atom. The average Bonchev–Trinajstić information content (AvgIpc) is 3.64. The van der Waals surface area contributed by atoms with E-state index in [4.69, 9.17) is 26.8 Å². The Kier molecular flexibility index (Phi) is 9.79. The van der Waals surface area contributed by atoms with E-state index in [0.29, 0.717) is 27.3 Å². The van der Waals surface area contributed by atoms with Crippen LogP contribution in [0.1, 0.15) is 22.3 Å². The largest absolute Gasteiger partial charge is 0.492 e. The first-order chi connectivity index (χ1) is 22.3. The third-order valence-electron chi connectivity index (χ3n) is 7.80. The van der Waals surface area contributed by atoms with Crippen molar-refractivity contribution in [3.63, 3.8) is 0 Å². The van der Waals surface area contributed by atoms with Gasteiger partial charge in [0, 0.05) is 55.6 Å². The lowest BCUT2D eigenvalue weighted by atomic mass is 10.0. The average molecular weight is 657 g/mol. The molecule has 2 saturated heterocycles. The van der Waals surface area contributed by atoms with Gasteiger partial charge in [0.2, 0.25) is 5.91 Å². The third-order valence-corrected chi connectivity index (χ3v) is 9.18. The number of amides is 2. The van der Waals surface area contributed by atoms with Gasteiger partial charge in [-0.2, -0.15) is 0 Å². The highest BCUT2D eigenvalue weighted by Crippen LogP contribution is 2.36. The van der Waals surface area contributed by atoms with Crippen molar-refractivity contribution in [3.05, 3.63) is 89.0 Å². The fourth-order valence-corrected chi connectivity index (χ4v) is 6.58. The van der Waals surface area contributed by atoms with Crippen LogP contribution in [0.25, 0.3) is 28.1 Å². The fourth-order valence-electron chi connectivity index (χ4n) is 5.28. The molecule has 0 atom stereocenters. The molecule has 2 aliphatic rings. The number of nitrogens with one attached hydrogen (secondary N) is 2. The van der Waals surface area contributed by atoms with Gasteiger partial charge in [0.05, 0.1) is 23.7 Å². The number of anilines is 1. The number of aromatic carboxylic acids is 1. The molecule has 3 N–H and O–H groups in total. The molecule has 236 valence electrons. The van der Waals surface area contributed by atoms with E-state index in [9.17, 15) is 14.4 Å². The lowest BCUT2D eigenvalue weighted by molar-refractivity contribution is -0.122. The lowest BCUT2D eigenvalue weighted by Crippen LogP contribution is -2.38. The van der Waals surface area contributed by atoms with Crippen LogP contribution in [-0.2, 0) is 14.3 Å². The molecule has 2 amide bonds. The number of ether oxygens (including phenoxy) is 2. The van der Waals surface area contributed by atoms with Gasteiger partial charge in [-0.25, -0.2) is 4.79 Å². The smallest absolute Gasteiger partial charge is 0.335 e. The summed E-state index contributed by atoms with van der Waals surface area (Å²) >= 11 is 6.73. The standard InChI is InChI=1S/C34H32N4O6S2/c39-31(36-27-5-1-22(2-6-27)33(41)42)10-12-38-32(40)30(46-34(38)45)21-26-20-24(23-3-7-28-25(19-23)9-11-35-28)4-8-29(26)44-18-15-37-13-16-43-17-14-37/h1-9,11,19-21,35H,10,12-18H2,(H,36,39)(H,41,42)/b30-21-. The number of carbonyl (C=O) groups is 3. The molecule has 46 heavy (non-hydrogen) atoms. The molecule has 0 spiro atoms. The summed E-state index contributed by atoms with van der Waals surface area (Å²) in [5, 5.41) is 12.9. The number of carboxylic acids is 1. The van der Waals surface area contributed by atoms with E-state index >= 15 is 0 Å². The lowest BCUT2D eigenvalue weighted by Gasteiger charge is -2.26. The molecular formula is C34H32N4O6S2. The summed E-state index contributed by atoms with van der Waals surface area (Å²) in [4.78, 5) is 44.6. The zero-order chi connectivity index (χ0) is 32.0. The number of rotatable bonds is 11. The van der Waals surface area contributed by atoms with Gasteiger partial charge in [0.15, 0.2) is 0 Å². The highest BCUT2D eigenvalue weighted by molar-refractivity contribution is 8.26. The van der Waals surface area contributed by atoms with Gasteiger partial charge in [-0.3, -0.25) is 19.4 Å². The second kappa shape index (κ2) is 14.3. The first-order valence-electron chi connectivity index (χ1n) is 14.9. The summed E-state index contributed by atoms with van der Waals surface area (Å²) in [7, 11) is 0. The number of benzene rings is 3. The van der Waals surface area contributed by atoms with Crippen molar-refractivity contribution in [2.24, 2.45) is 0 Å². The van der Waals surface area contributed by atoms with E-state index in [0.717, 1.165) is 60.4 Å². The number of aromatic nitrogens is 1. The van der Waals surface area contributed by atoms with Crippen molar-refractivity contribution in [2.45, 2.75) is 6.42 Å². The number of carbonyl (C=O) groups excluding carboxylic acids is 2. The highest BCUT2D eigenvalue weighted by atomic mass is 32.2. The maximum atomic E-state index is 13.5. The monoisotopic (exact) mass is 656 g/mol. The molecule has 3 heterocycles. The number of H-pyrrole nitrogens is 1. The molecule has 2 aliphatic heterocycles. The Bertz CT molecular complexity index is 1810. The number of fused-ring (bicyclic) bond motifs is 1. The summed E-state index contributed by atoms with van der Waals surface area (Å²) in [6.45, 7) is 4.54. The predicted octanol–water partition coefficient (Wildman–Crippen LogP) is 5.47. The number of aromatic amines is 1. The van der Waals surface area contributed by atoms with Crippen LogP contribution < -0.4 is 10.1 Å². The summed E-state index contributed by atoms with van der Waals surface area (Å²) in [6, 6.07) is 20.1. The Morgan fingerprint density at radius 3 is 2.57 bits per heavy atom. The number of hydrogen-bond donors (Lipinski definition) is 3. The van der Waals surface area contributed by atoms with Gasteiger partial charge >= 0.3 is 5.97 Å². The van der Waals surface area contributed by atoms with Crippen molar-refractivity contribution < 1.29 is 29.0 Å². The van der Waals surface area contributed by atoms with Gasteiger partial charge in [-0.15, -0.1) is 0 Å². The van der Waals surface area contributed by atoms with E-state index in [1.54, 1.807) is 0 Å². The minimum atomic E-state index is -1.04. The Balaban J connectivity index is 1.17. The van der Waals surface area contributed by atoms with Crippen LogP contribution in [0, 0.1) is 0 Å². The maximum absolute atomic E-state index is 13.5. The van der Waals surface area contributed by atoms with E-state index in [1.165, 1.54) is 40.9 Å². The van der Waals surface area contributed by atoms with Crippen LogP contribution in [0.3, 0.4) is 0 Å². The van der Waals surface area contributed by atoms with Crippen molar-refractivity contribution in [2.75, 3.05) is 51.3 Å². The van der Waals surface area contributed by atoms with Gasteiger partial charge in [0.25, 0.3) is 5.91 Å². The summed E-state index contributed by atoms with van der Waals surface area (Å²) in [6.07, 6.45) is 3.74. The molecule has 0 saturated carbocycles. The van der Waals surface area contributed by atoms with Crippen molar-refractivity contribution in [1.82, 2.24) is 14.8 Å². The van der Waals surface area contributed by atoms with E-state index in [1.807, 2.05) is 42.6 Å². The first kappa shape index (κ1) is 31.5. The number of nitrogens with zero attached hydrogens (tertiary/aromatic N) is 2. The molecule has 0 radical (unpaired) electrons. The zero-order valence-electron chi connectivity index (χ0n) is 24.9. The summed E-state index contributed by atoms with van der Waals surface area (Å²) < 4.78 is 12.1. The molecule has 6 rings (SSSR count). The van der Waals surface area contributed by atoms with Gasteiger partial charge in [-0.1, -0.05) is 36.1 Å². The molecule has 2 fully saturated rings. The molecule has 3 aromatic carbocycles. The predicted molar refractivity (Wildman–Crippen MR) is 183 cm³/mol. The van der Waals surface area contributed by atoms with Gasteiger partial charge in [0.1, 0.15) is 16.7 Å². The number of hydrogen-bond acceptors (Lipinski definition) is 8. The molecule has 0 unspecified atom stereocenters. The van der Waals surface area contributed by atoms with Crippen LogP contribution in [0.4, 0.5) is 5.69 Å². The molecule has 1 aromatic heterocycles. The van der Waals surface area contributed by atoms with Gasteiger partial charge in [-0.05, 0) is 77.2 Å². The fraction of sp³-hybridized carbons (Fsp3) is 0.235. The Morgan fingerprint density at radius 2 is 1.78 bits per heavy atom. The number of carboxylic acid groups (broad SMARTS) is 1. The molecule has 0 aliphatic carbocycles. The Labute approximate surface area is 275 Å². The van der Waals surface area contributed by atoms with E-state index in [2.05, 4.69) is 27.3 Å². The highest BCUT2D eigenvalue weighted by Gasteiger charge is 2.32. The van der Waals surface area contributed by atoms with Crippen LogP contribution in [0.15, 0.2) is 77.8 Å². The van der Waals surface area contributed by atoms with Crippen LogP contribution in [0.2, 0.25) is 0 Å². The second-order valence-corrected chi connectivity index (χ2v) is 12.5. The maximum Gasteiger partial charge on any atom is 0.335 e. The molecule has 12 heteroatoms. The zero-order valence-corrected chi connectivity index (χ0v) is 26.5. The number of thiocarbonyl (C=S) groups is 1. The SMILES string of the molecule is O=C(CCN1C(=O)/C(=C/c2cc(-c3ccc4[nH]ccc4c3)ccc2OCCN2CCOCC2)SC1=S)Nc1ccc(C(=O)O)cc1. The van der Waals surface area contributed by atoms with Crippen molar-refractivity contribution in [1.29, 1.82) is 0 Å². The quantitative estimate of drug-likeness (QED) is 0.142. The molecule has 0 bridgehead atoms. The Hall–Kier alpha value is -4.49. The topological polar surface area (TPSA) is 124 Å². The van der Waals surface area contributed by atoms with Crippen molar-refractivity contribution >= 4 is 68.8 Å². The minimum absolute atomic E-state index is 0.0213. The molecular weight excluding hydrogens is 625 g/mol. The first-order valence-corrected chi connectivity index (χ1v) is 16.1. The van der Waals surface area contributed by atoms with Crippen LogP contribution in [-0.4, -0.2) is 88.0 Å². The van der Waals surface area contributed by atoms with Crippen LogP contribution in [0.5, 0.6) is 5.75 Å². The van der Waals surface area contributed by atoms with Crippen LogP contribution >= 0.6 is 24.0 Å². The third kappa shape index (κ3) is 7.48. The van der Waals surface area contributed by atoms with E-state index in [-0.39, 0.29) is 30.3 Å².